The Morgan fingerprint density at radius 1 is 1.35 bits per heavy atom. The van der Waals surface area contributed by atoms with Crippen LogP contribution in [0, 0.1) is 24.7 Å². The quantitative estimate of drug-likeness (QED) is 0.720. The van der Waals surface area contributed by atoms with Gasteiger partial charge in [-0.15, -0.1) is 12.4 Å². The average molecular weight is 292 g/mol. The van der Waals surface area contributed by atoms with Crippen LogP contribution < -0.4 is 5.32 Å². The molecule has 1 heterocycles. The van der Waals surface area contributed by atoms with Crippen LogP contribution in [-0.2, 0) is 0 Å². The Morgan fingerprint density at radius 3 is 3.00 bits per heavy atom. The highest BCUT2D eigenvalue weighted by molar-refractivity contribution is 5.85. The van der Waals surface area contributed by atoms with Crippen LogP contribution in [0.15, 0.2) is 24.3 Å². The van der Waals surface area contributed by atoms with Crippen molar-refractivity contribution >= 4 is 12.4 Å². The molecule has 1 aromatic rings. The predicted molar refractivity (Wildman–Crippen MR) is 84.0 cm³/mol. The van der Waals surface area contributed by atoms with Crippen molar-refractivity contribution in [3.05, 3.63) is 35.4 Å². The molecule has 1 aliphatic heterocycles. The van der Waals surface area contributed by atoms with Crippen LogP contribution in [-0.4, -0.2) is 23.3 Å². The minimum Gasteiger partial charge on any atom is -0.377 e. The highest BCUT2D eigenvalue weighted by atomic mass is 35.5. The fraction of sp³-hybridized carbons (Fsp3) is 0.529. The molecule has 1 aromatic carbocycles. The molecule has 3 atom stereocenters. The first-order valence-electron chi connectivity index (χ1n) is 7.23. The number of benzene rings is 1. The zero-order valence-electron chi connectivity index (χ0n) is 11.9. The number of hydrogen-bond donors (Lipinski definition) is 2. The van der Waals surface area contributed by atoms with Gasteiger partial charge in [-0.05, 0) is 56.8 Å². The molecular weight excluding hydrogens is 270 g/mol. The SMILES string of the molecule is Cc1cccc(C#C[C@]2(O)CCCC3NCC[C@H]32)c1.Cl. The molecule has 3 rings (SSSR count). The summed E-state index contributed by atoms with van der Waals surface area (Å²) in [4.78, 5) is 0. The van der Waals surface area contributed by atoms with Gasteiger partial charge in [0.05, 0.1) is 0 Å². The molecule has 2 fully saturated rings. The highest BCUT2D eigenvalue weighted by Crippen LogP contribution is 2.38. The van der Waals surface area contributed by atoms with E-state index >= 15 is 0 Å². The maximum absolute atomic E-state index is 10.9. The standard InChI is InChI=1S/C17H21NO.ClH/c1-13-4-2-5-14(12-13)7-10-17(19)9-3-6-16-15(17)8-11-18-16;/h2,4-5,12,15-16,18-19H,3,6,8-9,11H2,1H3;1H/t15-,16?,17-;/m1./s1. The van der Waals surface area contributed by atoms with E-state index in [2.05, 4.69) is 36.2 Å². The van der Waals surface area contributed by atoms with Crippen molar-refractivity contribution in [1.29, 1.82) is 0 Å². The van der Waals surface area contributed by atoms with Gasteiger partial charge in [0.1, 0.15) is 5.60 Å². The van der Waals surface area contributed by atoms with E-state index in [1.165, 1.54) is 12.0 Å². The number of nitrogens with one attached hydrogen (secondary N) is 1. The first-order valence-corrected chi connectivity index (χ1v) is 7.23. The molecule has 2 aliphatic rings. The number of aliphatic hydroxyl groups is 1. The summed E-state index contributed by atoms with van der Waals surface area (Å²) in [5.41, 5.74) is 1.42. The molecule has 0 spiro atoms. The molecule has 1 saturated heterocycles. The number of aryl methyl sites for hydroxylation is 1. The Morgan fingerprint density at radius 2 is 2.20 bits per heavy atom. The minimum atomic E-state index is -0.795. The summed E-state index contributed by atoms with van der Waals surface area (Å²) in [7, 11) is 0. The Kier molecular flexibility index (Phi) is 4.75. The van der Waals surface area contributed by atoms with Gasteiger partial charge in [0, 0.05) is 17.5 Å². The Hall–Kier alpha value is -1.01. The number of hydrogen-bond acceptors (Lipinski definition) is 2. The summed E-state index contributed by atoms with van der Waals surface area (Å²) in [6.45, 7) is 3.08. The lowest BCUT2D eigenvalue weighted by Gasteiger charge is -2.37. The molecule has 0 bridgehead atoms. The van der Waals surface area contributed by atoms with E-state index in [4.69, 9.17) is 0 Å². The van der Waals surface area contributed by atoms with Crippen LogP contribution in [0.5, 0.6) is 0 Å². The molecule has 20 heavy (non-hydrogen) atoms. The predicted octanol–water partition coefficient (Wildman–Crippen LogP) is 2.66. The summed E-state index contributed by atoms with van der Waals surface area (Å²) in [5, 5.41) is 14.4. The summed E-state index contributed by atoms with van der Waals surface area (Å²) in [5.74, 6) is 6.66. The van der Waals surface area contributed by atoms with Gasteiger partial charge in [-0.25, -0.2) is 0 Å². The van der Waals surface area contributed by atoms with E-state index in [1.807, 2.05) is 12.1 Å². The summed E-state index contributed by atoms with van der Waals surface area (Å²) >= 11 is 0. The summed E-state index contributed by atoms with van der Waals surface area (Å²) in [6.07, 6.45) is 4.10. The van der Waals surface area contributed by atoms with Gasteiger partial charge in [-0.1, -0.05) is 24.0 Å². The molecular formula is C17H22ClNO. The Bertz CT molecular complexity index is 533. The van der Waals surface area contributed by atoms with Crippen molar-refractivity contribution in [2.45, 2.75) is 44.2 Å². The lowest BCUT2D eigenvalue weighted by atomic mass is 9.73. The highest BCUT2D eigenvalue weighted by Gasteiger charge is 2.45. The second-order valence-electron chi connectivity index (χ2n) is 5.89. The van der Waals surface area contributed by atoms with Crippen LogP contribution in [0.1, 0.15) is 36.8 Å². The van der Waals surface area contributed by atoms with Gasteiger partial charge in [0.2, 0.25) is 0 Å². The molecule has 1 aliphatic carbocycles. The second-order valence-corrected chi connectivity index (χ2v) is 5.89. The molecule has 1 unspecified atom stereocenters. The van der Waals surface area contributed by atoms with E-state index in [9.17, 15) is 5.11 Å². The van der Waals surface area contributed by atoms with Crippen molar-refractivity contribution in [2.75, 3.05) is 6.54 Å². The minimum absolute atomic E-state index is 0. The van der Waals surface area contributed by atoms with E-state index < -0.39 is 5.60 Å². The van der Waals surface area contributed by atoms with E-state index in [-0.39, 0.29) is 12.4 Å². The van der Waals surface area contributed by atoms with Gasteiger partial charge in [-0.2, -0.15) is 0 Å². The van der Waals surface area contributed by atoms with Crippen molar-refractivity contribution in [2.24, 2.45) is 5.92 Å². The lowest BCUT2D eigenvalue weighted by molar-refractivity contribution is 0.000968. The topological polar surface area (TPSA) is 32.3 Å². The van der Waals surface area contributed by atoms with Crippen molar-refractivity contribution in [3.8, 4) is 11.8 Å². The number of fused-ring (bicyclic) bond motifs is 1. The fourth-order valence-corrected chi connectivity index (χ4v) is 3.48. The van der Waals surface area contributed by atoms with E-state index in [0.29, 0.717) is 12.0 Å². The van der Waals surface area contributed by atoms with Crippen LogP contribution in [0.2, 0.25) is 0 Å². The lowest BCUT2D eigenvalue weighted by Crippen LogP contribution is -2.47. The van der Waals surface area contributed by atoms with Crippen LogP contribution in [0.25, 0.3) is 0 Å². The fourth-order valence-electron chi connectivity index (χ4n) is 3.48. The van der Waals surface area contributed by atoms with Gasteiger partial charge in [0.25, 0.3) is 0 Å². The molecule has 0 radical (unpaired) electrons. The Labute approximate surface area is 127 Å². The number of rotatable bonds is 0. The average Bonchev–Trinajstić information content (AvgIpc) is 2.87. The monoisotopic (exact) mass is 291 g/mol. The summed E-state index contributed by atoms with van der Waals surface area (Å²) in [6, 6.07) is 8.63. The maximum Gasteiger partial charge on any atom is 0.130 e. The molecule has 108 valence electrons. The zero-order chi connectivity index (χ0) is 13.3. The van der Waals surface area contributed by atoms with E-state index in [0.717, 1.165) is 31.4 Å². The van der Waals surface area contributed by atoms with Gasteiger partial charge >= 0.3 is 0 Å². The van der Waals surface area contributed by atoms with E-state index in [1.54, 1.807) is 0 Å². The zero-order valence-corrected chi connectivity index (χ0v) is 12.7. The molecule has 1 saturated carbocycles. The van der Waals surface area contributed by atoms with Crippen molar-refractivity contribution in [1.82, 2.24) is 5.32 Å². The first-order chi connectivity index (χ1) is 9.17. The third-order valence-electron chi connectivity index (χ3n) is 4.48. The van der Waals surface area contributed by atoms with Gasteiger partial charge < -0.3 is 10.4 Å². The van der Waals surface area contributed by atoms with Crippen LogP contribution in [0.3, 0.4) is 0 Å². The normalized spacial score (nSPS) is 31.7. The smallest absolute Gasteiger partial charge is 0.130 e. The maximum atomic E-state index is 10.9. The van der Waals surface area contributed by atoms with Gasteiger partial charge in [-0.3, -0.25) is 0 Å². The second kappa shape index (κ2) is 6.18. The van der Waals surface area contributed by atoms with Crippen LogP contribution >= 0.6 is 12.4 Å². The van der Waals surface area contributed by atoms with Crippen molar-refractivity contribution in [3.63, 3.8) is 0 Å². The third kappa shape index (κ3) is 3.01. The van der Waals surface area contributed by atoms with Crippen molar-refractivity contribution < 1.29 is 5.11 Å². The molecule has 0 amide bonds. The Balaban J connectivity index is 0.00000147. The summed E-state index contributed by atoms with van der Waals surface area (Å²) < 4.78 is 0. The molecule has 0 aromatic heterocycles. The molecule has 2 N–H and O–H groups in total. The number of halogens is 1. The van der Waals surface area contributed by atoms with Crippen LogP contribution in [0.4, 0.5) is 0 Å². The first kappa shape index (κ1) is 15.4. The molecule has 2 nitrogen and oxygen atoms in total. The van der Waals surface area contributed by atoms with Gasteiger partial charge in [0.15, 0.2) is 0 Å². The molecule has 3 heteroatoms. The third-order valence-corrected chi connectivity index (χ3v) is 4.48. The largest absolute Gasteiger partial charge is 0.377 e.